The van der Waals surface area contributed by atoms with Crippen molar-refractivity contribution in [2.45, 2.75) is 20.3 Å². The molecule has 22 heavy (non-hydrogen) atoms. The van der Waals surface area contributed by atoms with Crippen LogP contribution in [0.5, 0.6) is 0 Å². The largest absolute Gasteiger partial charge is 0.461 e. The zero-order valence-corrected chi connectivity index (χ0v) is 12.8. The van der Waals surface area contributed by atoms with Crippen LogP contribution in [0.25, 0.3) is 11.0 Å². The number of nitrogens with one attached hydrogen (secondary N) is 1. The number of fused-ring (bicyclic) bond motifs is 1. The van der Waals surface area contributed by atoms with Gasteiger partial charge in [0, 0.05) is 10.9 Å². The molecule has 1 amide bonds. The Morgan fingerprint density at radius 1 is 1.32 bits per heavy atom. The molecule has 0 unspecified atom stereocenters. The highest BCUT2D eigenvalue weighted by Crippen LogP contribution is 2.25. The molecule has 0 atom stereocenters. The molecule has 2 rings (SSSR count). The molecule has 0 aliphatic rings. The van der Waals surface area contributed by atoms with Gasteiger partial charge in [0.15, 0.2) is 11.4 Å². The van der Waals surface area contributed by atoms with Gasteiger partial charge in [-0.25, -0.2) is 12.8 Å². The van der Waals surface area contributed by atoms with Crippen LogP contribution in [0.1, 0.15) is 19.4 Å². The summed E-state index contributed by atoms with van der Waals surface area (Å²) in [4.78, 5) is 11.8. The van der Waals surface area contributed by atoms with Crippen molar-refractivity contribution in [3.8, 4) is 0 Å². The van der Waals surface area contributed by atoms with E-state index in [4.69, 9.17) is 4.42 Å². The maximum Gasteiger partial charge on any atom is 0.237 e. The molecule has 0 aliphatic carbocycles. The van der Waals surface area contributed by atoms with Crippen LogP contribution in [-0.4, -0.2) is 20.1 Å². The van der Waals surface area contributed by atoms with E-state index in [2.05, 4.69) is 0 Å². The minimum atomic E-state index is -3.72. The van der Waals surface area contributed by atoms with Gasteiger partial charge in [-0.2, -0.15) is 4.39 Å². The fraction of sp³-hybridized carbons (Fsp3) is 0.357. The molecule has 0 bridgehead atoms. The van der Waals surface area contributed by atoms with Crippen molar-refractivity contribution in [1.29, 1.82) is 0 Å². The molecule has 0 saturated carbocycles. The van der Waals surface area contributed by atoms with Crippen molar-refractivity contribution in [2.75, 3.05) is 5.75 Å². The second-order valence-corrected chi connectivity index (χ2v) is 7.14. The first kappa shape index (κ1) is 16.4. The standard InChI is InChI=1S/C14H15F2NO4S/c1-8(2)7-22(19,20)17-12(18)5-9-6-21-14-10(9)3-4-11(15)13(14)16/h3-4,6,8H,5,7H2,1-2H3,(H,17,18). The number of halogens is 2. The zero-order valence-electron chi connectivity index (χ0n) is 12.0. The topological polar surface area (TPSA) is 76.4 Å². The van der Waals surface area contributed by atoms with Gasteiger partial charge >= 0.3 is 0 Å². The molecule has 0 saturated heterocycles. The maximum absolute atomic E-state index is 13.5. The average molecular weight is 331 g/mol. The summed E-state index contributed by atoms with van der Waals surface area (Å²) in [6, 6.07) is 2.20. The van der Waals surface area contributed by atoms with Gasteiger partial charge in [0.2, 0.25) is 21.7 Å². The molecule has 0 radical (unpaired) electrons. The normalized spacial score (nSPS) is 12.0. The lowest BCUT2D eigenvalue weighted by Crippen LogP contribution is -2.34. The van der Waals surface area contributed by atoms with Crippen molar-refractivity contribution in [1.82, 2.24) is 4.72 Å². The Kier molecular flexibility index (Phi) is 4.50. The molecule has 0 spiro atoms. The first-order valence-corrected chi connectivity index (χ1v) is 8.22. The van der Waals surface area contributed by atoms with Crippen LogP contribution in [0.4, 0.5) is 8.78 Å². The summed E-state index contributed by atoms with van der Waals surface area (Å²) >= 11 is 0. The molecular weight excluding hydrogens is 316 g/mol. The van der Waals surface area contributed by atoms with E-state index in [1.165, 1.54) is 6.07 Å². The Morgan fingerprint density at radius 3 is 2.64 bits per heavy atom. The highest BCUT2D eigenvalue weighted by atomic mass is 32.2. The van der Waals surface area contributed by atoms with E-state index in [0.29, 0.717) is 0 Å². The Morgan fingerprint density at radius 2 is 2.00 bits per heavy atom. The van der Waals surface area contributed by atoms with Gasteiger partial charge in [0.1, 0.15) is 0 Å². The lowest BCUT2D eigenvalue weighted by atomic mass is 10.1. The molecule has 120 valence electrons. The van der Waals surface area contributed by atoms with Gasteiger partial charge in [-0.1, -0.05) is 13.8 Å². The van der Waals surface area contributed by atoms with Gasteiger partial charge in [0.25, 0.3) is 0 Å². The summed E-state index contributed by atoms with van der Waals surface area (Å²) in [6.45, 7) is 3.43. The smallest absolute Gasteiger partial charge is 0.237 e. The second-order valence-electron chi connectivity index (χ2n) is 5.38. The van der Waals surface area contributed by atoms with Crippen LogP contribution in [-0.2, 0) is 21.2 Å². The van der Waals surface area contributed by atoms with Gasteiger partial charge in [-0.3, -0.25) is 9.52 Å². The first-order valence-electron chi connectivity index (χ1n) is 6.57. The number of amides is 1. The van der Waals surface area contributed by atoms with Gasteiger partial charge < -0.3 is 4.42 Å². The summed E-state index contributed by atoms with van der Waals surface area (Å²) in [5.41, 5.74) is -0.0148. The maximum atomic E-state index is 13.5. The zero-order chi connectivity index (χ0) is 16.5. The minimum absolute atomic E-state index is 0.128. The lowest BCUT2D eigenvalue weighted by Gasteiger charge is -2.08. The van der Waals surface area contributed by atoms with Crippen LogP contribution in [0.15, 0.2) is 22.8 Å². The number of rotatable bonds is 5. The second kappa shape index (κ2) is 6.04. The van der Waals surface area contributed by atoms with E-state index in [0.717, 1.165) is 12.3 Å². The Balaban J connectivity index is 2.18. The van der Waals surface area contributed by atoms with Gasteiger partial charge in [-0.15, -0.1) is 0 Å². The number of sulfonamides is 1. The Hall–Kier alpha value is -1.96. The monoisotopic (exact) mass is 331 g/mol. The van der Waals surface area contributed by atoms with Crippen molar-refractivity contribution in [3.63, 3.8) is 0 Å². The van der Waals surface area contributed by atoms with Gasteiger partial charge in [-0.05, 0) is 18.1 Å². The first-order chi connectivity index (χ1) is 10.2. The summed E-state index contributed by atoms with van der Waals surface area (Å²) in [5.74, 6) is -3.26. The van der Waals surface area contributed by atoms with E-state index < -0.39 is 27.6 Å². The summed E-state index contributed by atoms with van der Waals surface area (Å²) in [5, 5.41) is 0.232. The molecule has 0 fully saturated rings. The molecule has 1 N–H and O–H groups in total. The SMILES string of the molecule is CC(C)CS(=O)(=O)NC(=O)Cc1coc2c(F)c(F)ccc12. The van der Waals surface area contributed by atoms with Crippen molar-refractivity contribution < 1.29 is 26.4 Å². The van der Waals surface area contributed by atoms with E-state index >= 15 is 0 Å². The third-order valence-electron chi connectivity index (χ3n) is 2.89. The average Bonchev–Trinajstić information content (AvgIpc) is 2.75. The molecule has 1 aromatic heterocycles. The van der Waals surface area contributed by atoms with E-state index in [1.807, 2.05) is 4.72 Å². The van der Waals surface area contributed by atoms with Crippen LogP contribution >= 0.6 is 0 Å². The molecule has 5 nitrogen and oxygen atoms in total. The van der Waals surface area contributed by atoms with Gasteiger partial charge in [0.05, 0.1) is 18.4 Å². The summed E-state index contributed by atoms with van der Waals surface area (Å²) < 4.78 is 56.8. The van der Waals surface area contributed by atoms with Crippen LogP contribution in [0.2, 0.25) is 0 Å². The molecule has 2 aromatic rings. The number of carbonyl (C=O) groups excluding carboxylic acids is 1. The van der Waals surface area contributed by atoms with Crippen molar-refractivity contribution in [3.05, 3.63) is 35.6 Å². The number of carbonyl (C=O) groups is 1. The van der Waals surface area contributed by atoms with Crippen LogP contribution in [0.3, 0.4) is 0 Å². The molecule has 0 aliphatic heterocycles. The number of furan rings is 1. The summed E-state index contributed by atoms with van der Waals surface area (Å²) in [6.07, 6.45) is 0.803. The fourth-order valence-electron chi connectivity index (χ4n) is 2.09. The van der Waals surface area contributed by atoms with Crippen molar-refractivity contribution in [2.24, 2.45) is 5.92 Å². The third kappa shape index (κ3) is 3.62. The third-order valence-corrected chi connectivity index (χ3v) is 4.53. The quantitative estimate of drug-likeness (QED) is 0.912. The predicted molar refractivity (Wildman–Crippen MR) is 76.6 cm³/mol. The van der Waals surface area contributed by atoms with Crippen molar-refractivity contribution >= 4 is 26.9 Å². The Labute approximate surface area is 126 Å². The van der Waals surface area contributed by atoms with E-state index in [-0.39, 0.29) is 34.6 Å². The van der Waals surface area contributed by atoms with Crippen LogP contribution < -0.4 is 4.72 Å². The molecule has 1 aromatic carbocycles. The lowest BCUT2D eigenvalue weighted by molar-refractivity contribution is -0.118. The highest BCUT2D eigenvalue weighted by molar-refractivity contribution is 7.90. The number of benzene rings is 1. The number of hydrogen-bond donors (Lipinski definition) is 1. The Bertz CT molecular complexity index is 812. The van der Waals surface area contributed by atoms with Crippen LogP contribution in [0, 0.1) is 17.6 Å². The van der Waals surface area contributed by atoms with E-state index in [9.17, 15) is 22.0 Å². The minimum Gasteiger partial charge on any atom is -0.461 e. The summed E-state index contributed by atoms with van der Waals surface area (Å²) in [7, 11) is -3.72. The number of hydrogen-bond acceptors (Lipinski definition) is 4. The fourth-order valence-corrected chi connectivity index (χ4v) is 3.47. The molecule has 8 heteroatoms. The highest BCUT2D eigenvalue weighted by Gasteiger charge is 2.19. The predicted octanol–water partition coefficient (Wildman–Crippen LogP) is 2.36. The van der Waals surface area contributed by atoms with E-state index in [1.54, 1.807) is 13.8 Å². The molecule has 1 heterocycles. The molecular formula is C14H15F2NO4S.